The summed E-state index contributed by atoms with van der Waals surface area (Å²) in [7, 11) is 2.15. The van der Waals surface area contributed by atoms with Gasteiger partial charge in [-0.2, -0.15) is 0 Å². The number of benzene rings is 2. The fourth-order valence-electron chi connectivity index (χ4n) is 4.97. The van der Waals surface area contributed by atoms with Gasteiger partial charge >= 0.3 is 0 Å². The summed E-state index contributed by atoms with van der Waals surface area (Å²) >= 11 is 0. The molecule has 0 aromatic heterocycles. The SMILES string of the molecule is CN1CCN(CC(c2ccc(OCc3ccccc3)c(F)c2)C2(O)CCCCC2)CC1.Cl.Cl. The number of halogens is 3. The van der Waals surface area contributed by atoms with E-state index in [1.807, 2.05) is 36.4 Å². The lowest BCUT2D eigenvalue weighted by molar-refractivity contribution is -0.0337. The zero-order valence-electron chi connectivity index (χ0n) is 19.4. The molecule has 184 valence electrons. The Morgan fingerprint density at radius 1 is 0.970 bits per heavy atom. The zero-order chi connectivity index (χ0) is 21.7. The average Bonchev–Trinajstić information content (AvgIpc) is 2.79. The van der Waals surface area contributed by atoms with E-state index in [-0.39, 0.29) is 42.3 Å². The molecule has 7 heteroatoms. The molecule has 1 heterocycles. The number of likely N-dealkylation sites (N-methyl/N-ethyl adjacent to an activating group) is 1. The van der Waals surface area contributed by atoms with Crippen molar-refractivity contribution in [2.45, 2.75) is 50.2 Å². The van der Waals surface area contributed by atoms with Crippen LogP contribution in [0.4, 0.5) is 4.39 Å². The number of hydrogen-bond donors (Lipinski definition) is 1. The second-order valence-corrected chi connectivity index (χ2v) is 9.28. The first-order chi connectivity index (χ1) is 15.0. The smallest absolute Gasteiger partial charge is 0.165 e. The Bertz CT molecular complexity index is 841. The summed E-state index contributed by atoms with van der Waals surface area (Å²) in [5.41, 5.74) is 1.13. The molecule has 2 aromatic carbocycles. The molecule has 1 unspecified atom stereocenters. The molecule has 1 N–H and O–H groups in total. The zero-order valence-corrected chi connectivity index (χ0v) is 21.1. The van der Waals surface area contributed by atoms with E-state index in [0.29, 0.717) is 6.61 Å². The van der Waals surface area contributed by atoms with Gasteiger partial charge in [-0.15, -0.1) is 24.8 Å². The summed E-state index contributed by atoms with van der Waals surface area (Å²) in [6.07, 6.45) is 4.83. The van der Waals surface area contributed by atoms with Gasteiger partial charge in [-0.25, -0.2) is 4.39 Å². The van der Waals surface area contributed by atoms with E-state index < -0.39 is 5.60 Å². The molecule has 2 fully saturated rings. The van der Waals surface area contributed by atoms with Crippen LogP contribution in [0, 0.1) is 5.82 Å². The van der Waals surface area contributed by atoms with Crippen LogP contribution < -0.4 is 4.74 Å². The third kappa shape index (κ3) is 7.30. The highest BCUT2D eigenvalue weighted by Crippen LogP contribution is 2.41. The van der Waals surface area contributed by atoms with Crippen molar-refractivity contribution in [1.82, 2.24) is 9.80 Å². The number of piperazine rings is 1. The first-order valence-electron chi connectivity index (χ1n) is 11.6. The molecule has 2 aliphatic rings. The van der Waals surface area contributed by atoms with Crippen molar-refractivity contribution in [2.24, 2.45) is 0 Å². The van der Waals surface area contributed by atoms with Crippen LogP contribution in [0.2, 0.25) is 0 Å². The highest BCUT2D eigenvalue weighted by molar-refractivity contribution is 5.85. The third-order valence-electron chi connectivity index (χ3n) is 7.00. The van der Waals surface area contributed by atoms with E-state index >= 15 is 4.39 Å². The van der Waals surface area contributed by atoms with E-state index in [2.05, 4.69) is 16.8 Å². The van der Waals surface area contributed by atoms with E-state index in [1.54, 1.807) is 12.1 Å². The fraction of sp³-hybridized carbons (Fsp3) is 0.538. The van der Waals surface area contributed by atoms with Gasteiger partial charge in [0.05, 0.1) is 5.60 Å². The van der Waals surface area contributed by atoms with Gasteiger partial charge in [0, 0.05) is 38.6 Å². The second kappa shape index (κ2) is 12.9. The van der Waals surface area contributed by atoms with Gasteiger partial charge in [-0.3, -0.25) is 0 Å². The van der Waals surface area contributed by atoms with Crippen molar-refractivity contribution >= 4 is 24.8 Å². The van der Waals surface area contributed by atoms with Crippen LogP contribution in [0.1, 0.15) is 49.1 Å². The van der Waals surface area contributed by atoms with E-state index in [0.717, 1.165) is 69.5 Å². The van der Waals surface area contributed by atoms with Crippen molar-refractivity contribution in [3.8, 4) is 5.75 Å². The highest BCUT2D eigenvalue weighted by atomic mass is 35.5. The molecule has 0 bridgehead atoms. The minimum Gasteiger partial charge on any atom is -0.486 e. The Morgan fingerprint density at radius 3 is 2.27 bits per heavy atom. The molecule has 1 atom stereocenters. The Hall–Kier alpha value is -1.37. The monoisotopic (exact) mass is 498 g/mol. The first-order valence-corrected chi connectivity index (χ1v) is 11.6. The minimum absolute atomic E-state index is 0. The molecule has 4 rings (SSSR count). The summed E-state index contributed by atoms with van der Waals surface area (Å²) in [6, 6.07) is 15.1. The third-order valence-corrected chi connectivity index (χ3v) is 7.00. The molecular formula is C26H37Cl2FN2O2. The lowest BCUT2D eigenvalue weighted by Crippen LogP contribution is -2.50. The summed E-state index contributed by atoms with van der Waals surface area (Å²) in [5.74, 6) is -0.174. The lowest BCUT2D eigenvalue weighted by atomic mass is 9.72. The van der Waals surface area contributed by atoms with Crippen LogP contribution in [-0.2, 0) is 6.61 Å². The maximum atomic E-state index is 15.0. The number of ether oxygens (including phenoxy) is 1. The lowest BCUT2D eigenvalue weighted by Gasteiger charge is -2.43. The van der Waals surface area contributed by atoms with Gasteiger partial charge in [0.15, 0.2) is 11.6 Å². The topological polar surface area (TPSA) is 35.9 Å². The number of hydrogen-bond acceptors (Lipinski definition) is 4. The Morgan fingerprint density at radius 2 is 1.64 bits per heavy atom. The molecule has 0 amide bonds. The standard InChI is InChI=1S/C26H35FN2O2.2ClH/c1-28-14-16-29(17-15-28)19-23(26(30)12-6-3-7-13-26)22-10-11-25(24(27)18-22)31-20-21-8-4-2-5-9-21;;/h2,4-5,8-11,18,23,30H,3,6-7,12-17,19-20H2,1H3;2*1H. The molecule has 1 aliphatic carbocycles. The summed E-state index contributed by atoms with van der Waals surface area (Å²) < 4.78 is 20.7. The number of aliphatic hydroxyl groups is 1. The molecule has 1 aliphatic heterocycles. The van der Waals surface area contributed by atoms with Gasteiger partial charge in [0.25, 0.3) is 0 Å². The Kier molecular flexibility index (Phi) is 10.9. The number of rotatable bonds is 7. The quantitative estimate of drug-likeness (QED) is 0.563. The van der Waals surface area contributed by atoms with Crippen molar-refractivity contribution < 1.29 is 14.2 Å². The summed E-state index contributed by atoms with van der Waals surface area (Å²) in [4.78, 5) is 4.76. The first kappa shape index (κ1) is 27.9. The van der Waals surface area contributed by atoms with E-state index in [9.17, 15) is 5.11 Å². The normalized spacial score (nSPS) is 19.7. The van der Waals surface area contributed by atoms with Crippen molar-refractivity contribution in [1.29, 1.82) is 0 Å². The maximum absolute atomic E-state index is 15.0. The molecule has 4 nitrogen and oxygen atoms in total. The van der Waals surface area contributed by atoms with Crippen LogP contribution in [0.25, 0.3) is 0 Å². The Labute approximate surface area is 209 Å². The van der Waals surface area contributed by atoms with Crippen molar-refractivity contribution in [3.63, 3.8) is 0 Å². The molecule has 2 aromatic rings. The van der Waals surface area contributed by atoms with Crippen LogP contribution in [0.15, 0.2) is 48.5 Å². The average molecular weight is 499 g/mol. The molecule has 33 heavy (non-hydrogen) atoms. The van der Waals surface area contributed by atoms with Crippen molar-refractivity contribution in [2.75, 3.05) is 39.8 Å². The number of nitrogens with zero attached hydrogens (tertiary/aromatic N) is 2. The van der Waals surface area contributed by atoms with Gasteiger partial charge in [-0.05, 0) is 43.1 Å². The van der Waals surface area contributed by atoms with Gasteiger partial charge in [-0.1, -0.05) is 55.7 Å². The van der Waals surface area contributed by atoms with Crippen molar-refractivity contribution in [3.05, 3.63) is 65.5 Å². The predicted octanol–water partition coefficient (Wildman–Crippen LogP) is 5.27. The van der Waals surface area contributed by atoms with Gasteiger partial charge < -0.3 is 19.6 Å². The highest BCUT2D eigenvalue weighted by Gasteiger charge is 2.40. The molecule has 1 saturated heterocycles. The molecule has 0 radical (unpaired) electrons. The van der Waals surface area contributed by atoms with Gasteiger partial charge in [0.1, 0.15) is 6.61 Å². The largest absolute Gasteiger partial charge is 0.486 e. The van der Waals surface area contributed by atoms with E-state index in [4.69, 9.17) is 4.74 Å². The summed E-state index contributed by atoms with van der Waals surface area (Å²) in [5, 5.41) is 11.6. The molecular weight excluding hydrogens is 462 g/mol. The van der Waals surface area contributed by atoms with Crippen LogP contribution in [0.3, 0.4) is 0 Å². The van der Waals surface area contributed by atoms with E-state index in [1.165, 1.54) is 6.42 Å². The van der Waals surface area contributed by atoms with Crippen LogP contribution in [-0.4, -0.2) is 60.3 Å². The minimum atomic E-state index is -0.763. The predicted molar refractivity (Wildman–Crippen MR) is 136 cm³/mol. The van der Waals surface area contributed by atoms with Gasteiger partial charge in [0.2, 0.25) is 0 Å². The van der Waals surface area contributed by atoms with Crippen LogP contribution in [0.5, 0.6) is 5.75 Å². The second-order valence-electron chi connectivity index (χ2n) is 9.28. The molecule has 0 spiro atoms. The van der Waals surface area contributed by atoms with Crippen LogP contribution >= 0.6 is 24.8 Å². The molecule has 1 saturated carbocycles. The summed E-state index contributed by atoms with van der Waals surface area (Å²) in [6.45, 7) is 5.16. The fourth-order valence-corrected chi connectivity index (χ4v) is 4.97. The maximum Gasteiger partial charge on any atom is 0.165 e. The Balaban J connectivity index is 0.00000193.